The lowest BCUT2D eigenvalue weighted by molar-refractivity contribution is -0.139. The maximum Gasteiger partial charge on any atom is 0.321 e. The first-order chi connectivity index (χ1) is 20.7. The highest BCUT2D eigenvalue weighted by Gasteiger charge is 2.40. The fourth-order valence-electron chi connectivity index (χ4n) is 5.06. The summed E-state index contributed by atoms with van der Waals surface area (Å²) < 4.78 is 9.38. The molecule has 0 radical (unpaired) electrons. The van der Waals surface area contributed by atoms with Crippen LogP contribution in [0.3, 0.4) is 0 Å². The van der Waals surface area contributed by atoms with E-state index in [4.69, 9.17) is 4.74 Å². The molecule has 5 nitrogen and oxygen atoms in total. The molecule has 0 saturated carbocycles. The third kappa shape index (κ3) is 7.31. The number of carbonyl (C=O) groups is 1. The van der Waals surface area contributed by atoms with E-state index in [2.05, 4.69) is 95.7 Å². The summed E-state index contributed by atoms with van der Waals surface area (Å²) in [4.78, 5) is 12.9. The van der Waals surface area contributed by atoms with Crippen LogP contribution < -0.4 is 10.1 Å². The first kappa shape index (κ1) is 32.4. The molecule has 218 valence electrons. The van der Waals surface area contributed by atoms with E-state index in [1.165, 1.54) is 0 Å². The molecule has 5 aromatic carbocycles. The predicted octanol–water partition coefficient (Wildman–Crippen LogP) is 9.18. The lowest BCUT2D eigenvalue weighted by atomic mass is 9.76. The molecule has 0 aliphatic carbocycles. The molecular weight excluding hydrogens is 994 g/mol. The number of aromatic hydroxyl groups is 1. The van der Waals surface area contributed by atoms with Gasteiger partial charge in [0.1, 0.15) is 17.5 Å². The first-order valence-electron chi connectivity index (χ1n) is 13.2. The number of benzene rings is 5. The number of phenols is 1. The molecule has 0 unspecified atom stereocenters. The van der Waals surface area contributed by atoms with Gasteiger partial charge in [-0.05, 0) is 143 Å². The molecule has 43 heavy (non-hydrogen) atoms. The summed E-state index contributed by atoms with van der Waals surface area (Å²) in [5.41, 5.74) is 2.81. The zero-order valence-electron chi connectivity index (χ0n) is 22.5. The number of carboxylic acids is 1. The van der Waals surface area contributed by atoms with Crippen LogP contribution in [0.15, 0.2) is 115 Å². The monoisotopic (exact) mass is 1020 g/mol. The molecule has 0 amide bonds. The van der Waals surface area contributed by atoms with E-state index < -0.39 is 17.6 Å². The summed E-state index contributed by atoms with van der Waals surface area (Å²) in [6.07, 6.45) is 0.255. The van der Waals surface area contributed by atoms with Gasteiger partial charge in [-0.2, -0.15) is 0 Å². The Morgan fingerprint density at radius 1 is 0.698 bits per heavy atom. The Labute approximate surface area is 305 Å². The van der Waals surface area contributed by atoms with Crippen LogP contribution in [0.4, 0.5) is 0 Å². The van der Waals surface area contributed by atoms with Crippen LogP contribution in [0.5, 0.6) is 17.2 Å². The number of rotatable bonds is 10. The van der Waals surface area contributed by atoms with E-state index >= 15 is 0 Å². The summed E-state index contributed by atoms with van der Waals surface area (Å²) in [5, 5.41) is 24.3. The summed E-state index contributed by atoms with van der Waals surface area (Å²) >= 11 is 8.63. The fraction of sp³-hybridized carbons (Fsp3) is 0.0882. The molecule has 0 aliphatic rings. The quantitative estimate of drug-likeness (QED) is 0.0962. The van der Waals surface area contributed by atoms with Gasteiger partial charge < -0.3 is 14.9 Å². The first-order valence-corrected chi connectivity index (χ1v) is 17.5. The Kier molecular flexibility index (Phi) is 10.9. The highest BCUT2D eigenvalue weighted by Crippen LogP contribution is 2.39. The van der Waals surface area contributed by atoms with E-state index in [1.54, 1.807) is 12.1 Å². The zero-order valence-corrected chi connectivity index (χ0v) is 31.1. The lowest BCUT2D eigenvalue weighted by Gasteiger charge is -2.39. The molecule has 0 saturated heterocycles. The molecule has 0 aliphatic heterocycles. The van der Waals surface area contributed by atoms with Gasteiger partial charge >= 0.3 is 5.97 Å². The Hall–Kier alpha value is -1.95. The van der Waals surface area contributed by atoms with Crippen molar-refractivity contribution in [2.75, 3.05) is 0 Å². The Morgan fingerprint density at radius 3 is 1.51 bits per heavy atom. The van der Waals surface area contributed by atoms with E-state index in [9.17, 15) is 15.0 Å². The number of ether oxygens (including phenoxy) is 1. The third-order valence-corrected chi connectivity index (χ3v) is 10.3. The van der Waals surface area contributed by atoms with Gasteiger partial charge in [0.15, 0.2) is 5.75 Å². The van der Waals surface area contributed by atoms with E-state index in [0.29, 0.717) is 18.6 Å². The third-order valence-electron chi connectivity index (χ3n) is 7.02. The maximum atomic E-state index is 12.9. The van der Waals surface area contributed by atoms with Crippen LogP contribution in [0.1, 0.15) is 22.3 Å². The Bertz CT molecular complexity index is 1590. The van der Waals surface area contributed by atoms with Crippen molar-refractivity contribution < 1.29 is 19.7 Å². The van der Waals surface area contributed by atoms with Crippen LogP contribution in [0.2, 0.25) is 0 Å². The van der Waals surface area contributed by atoms with Crippen LogP contribution >= 0.6 is 90.4 Å². The topological polar surface area (TPSA) is 78.8 Å². The van der Waals surface area contributed by atoms with Gasteiger partial charge in [0.25, 0.3) is 0 Å². The molecule has 0 aromatic heterocycles. The lowest BCUT2D eigenvalue weighted by Crippen LogP contribution is -2.53. The minimum Gasteiger partial charge on any atom is -0.506 e. The predicted molar refractivity (Wildman–Crippen MR) is 203 cm³/mol. The largest absolute Gasteiger partial charge is 0.506 e. The van der Waals surface area contributed by atoms with Crippen LogP contribution in [-0.4, -0.2) is 22.2 Å². The van der Waals surface area contributed by atoms with Crippen LogP contribution in [0.25, 0.3) is 0 Å². The normalized spacial score (nSPS) is 12.1. The highest BCUT2D eigenvalue weighted by atomic mass is 127. The summed E-state index contributed by atoms with van der Waals surface area (Å²) in [5.74, 6) is 0.608. The molecule has 0 heterocycles. The molecule has 1 atom stereocenters. The van der Waals surface area contributed by atoms with Crippen molar-refractivity contribution in [3.63, 3.8) is 0 Å². The van der Waals surface area contributed by atoms with Crippen molar-refractivity contribution in [1.82, 2.24) is 5.32 Å². The van der Waals surface area contributed by atoms with Gasteiger partial charge in [-0.25, -0.2) is 0 Å². The number of carboxylic acid groups (broad SMARTS) is 1. The summed E-state index contributed by atoms with van der Waals surface area (Å²) in [6.45, 7) is 0. The van der Waals surface area contributed by atoms with E-state index in [1.807, 2.05) is 103 Å². The second kappa shape index (κ2) is 14.4. The molecule has 3 N–H and O–H groups in total. The number of hydrogen-bond acceptors (Lipinski definition) is 4. The van der Waals surface area contributed by atoms with E-state index in [0.717, 1.165) is 29.4 Å². The number of phenolic OH excluding ortho intramolecular Hbond substituents is 1. The van der Waals surface area contributed by atoms with Gasteiger partial charge in [-0.1, -0.05) is 91.0 Å². The Morgan fingerprint density at radius 2 is 1.12 bits per heavy atom. The van der Waals surface area contributed by atoms with Crippen LogP contribution in [-0.2, 0) is 16.8 Å². The van der Waals surface area contributed by atoms with Crippen LogP contribution in [0, 0.1) is 14.3 Å². The minimum absolute atomic E-state index is 0.234. The second-order valence-corrected chi connectivity index (χ2v) is 14.5. The summed E-state index contributed by atoms with van der Waals surface area (Å²) in [6, 6.07) is 36.6. The van der Waals surface area contributed by atoms with Crippen molar-refractivity contribution in [2.24, 2.45) is 0 Å². The molecule has 5 rings (SSSR count). The van der Waals surface area contributed by atoms with Gasteiger partial charge in [0, 0.05) is 0 Å². The van der Waals surface area contributed by atoms with E-state index in [-0.39, 0.29) is 12.2 Å². The van der Waals surface area contributed by atoms with Crippen molar-refractivity contribution in [3.05, 3.63) is 152 Å². The molecular formula is C34H25I4NO4. The number of aliphatic carboxylic acids is 1. The molecule has 0 fully saturated rings. The molecule has 5 aromatic rings. The number of nitrogens with one attached hydrogen (secondary N) is 1. The zero-order chi connectivity index (χ0) is 30.6. The minimum atomic E-state index is -0.939. The van der Waals surface area contributed by atoms with Crippen molar-refractivity contribution in [1.29, 1.82) is 0 Å². The standard InChI is InChI=1S/C34H25I4NO4/c35-26-19-25(20-27(36)31(26)40)43-32-28(37)16-21(17-29(32)38)18-30(33(41)42)39-34(22-10-4-1-5-11-22,23-12-6-2-7-13-23)24-14-8-3-9-15-24/h1-17,19-20,30,39-40H,18H2,(H,41,42)/t30-/m1/s1. The fourth-order valence-corrected chi connectivity index (χ4v) is 8.89. The smallest absolute Gasteiger partial charge is 0.321 e. The van der Waals surface area contributed by atoms with Gasteiger partial charge in [0.2, 0.25) is 0 Å². The molecule has 0 bridgehead atoms. The highest BCUT2D eigenvalue weighted by molar-refractivity contribution is 14.1. The van der Waals surface area contributed by atoms with Gasteiger partial charge in [-0.15, -0.1) is 0 Å². The SMILES string of the molecule is O=C(O)[C@@H](Cc1cc(I)c(Oc2cc(I)c(O)c(I)c2)c(I)c1)NC(c1ccccc1)(c1ccccc1)c1ccccc1. The number of hydrogen-bond donors (Lipinski definition) is 3. The van der Waals surface area contributed by atoms with Crippen molar-refractivity contribution >= 4 is 96.3 Å². The maximum absolute atomic E-state index is 12.9. The number of halogens is 4. The summed E-state index contributed by atoms with van der Waals surface area (Å²) in [7, 11) is 0. The molecule has 0 spiro atoms. The van der Waals surface area contributed by atoms with Gasteiger partial charge in [-0.3, -0.25) is 10.1 Å². The van der Waals surface area contributed by atoms with Crippen molar-refractivity contribution in [3.8, 4) is 17.2 Å². The van der Waals surface area contributed by atoms with Crippen molar-refractivity contribution in [2.45, 2.75) is 18.0 Å². The average Bonchev–Trinajstić information content (AvgIpc) is 3.01. The van der Waals surface area contributed by atoms with Gasteiger partial charge in [0.05, 0.1) is 19.8 Å². The average molecular weight is 1020 g/mol. The second-order valence-electron chi connectivity index (χ2n) is 9.81. The Balaban J connectivity index is 1.54. The molecule has 9 heteroatoms.